The highest BCUT2D eigenvalue weighted by atomic mass is 32.2. The van der Waals surface area contributed by atoms with Crippen LogP contribution in [-0.4, -0.2) is 36.2 Å². The molecule has 0 aliphatic carbocycles. The van der Waals surface area contributed by atoms with Crippen molar-refractivity contribution in [1.29, 1.82) is 0 Å². The molecule has 120 valence electrons. The van der Waals surface area contributed by atoms with Gasteiger partial charge >= 0.3 is 0 Å². The van der Waals surface area contributed by atoms with Crippen LogP contribution in [0.15, 0.2) is 53.7 Å². The van der Waals surface area contributed by atoms with Crippen LogP contribution < -0.4 is 0 Å². The van der Waals surface area contributed by atoms with Crippen molar-refractivity contribution >= 4 is 27.5 Å². The van der Waals surface area contributed by atoms with Crippen LogP contribution in [0.4, 0.5) is 0 Å². The van der Waals surface area contributed by atoms with Crippen LogP contribution in [0.2, 0.25) is 0 Å². The summed E-state index contributed by atoms with van der Waals surface area (Å²) in [5.41, 5.74) is 1.95. The first-order valence-corrected chi connectivity index (χ1v) is 9.99. The van der Waals surface area contributed by atoms with E-state index in [9.17, 15) is 13.2 Å². The predicted octanol–water partition coefficient (Wildman–Crippen LogP) is 2.26. The maximum Gasteiger partial charge on any atom is 0.234 e. The Bertz CT molecular complexity index is 805. The highest BCUT2D eigenvalue weighted by Gasteiger charge is 2.32. The molecule has 1 fully saturated rings. The molecule has 0 saturated carbocycles. The lowest BCUT2D eigenvalue weighted by molar-refractivity contribution is -0.128. The molecule has 2 heterocycles. The van der Waals surface area contributed by atoms with Crippen LogP contribution in [0.5, 0.6) is 0 Å². The van der Waals surface area contributed by atoms with Crippen LogP contribution in [0.25, 0.3) is 0 Å². The number of rotatable bonds is 4. The lowest BCUT2D eigenvalue weighted by Crippen LogP contribution is -2.27. The summed E-state index contributed by atoms with van der Waals surface area (Å²) < 4.78 is 23.0. The average molecular weight is 348 g/mol. The second kappa shape index (κ2) is 6.33. The van der Waals surface area contributed by atoms with Gasteiger partial charge in [-0.05, 0) is 35.4 Å². The molecule has 7 heteroatoms. The monoisotopic (exact) mass is 348 g/mol. The van der Waals surface area contributed by atoms with Crippen molar-refractivity contribution in [2.45, 2.75) is 16.8 Å². The Morgan fingerprint density at radius 3 is 2.43 bits per heavy atom. The van der Waals surface area contributed by atoms with Gasteiger partial charge in [0.2, 0.25) is 5.91 Å². The van der Waals surface area contributed by atoms with Crippen LogP contribution in [0.1, 0.15) is 16.5 Å². The van der Waals surface area contributed by atoms with Crippen molar-refractivity contribution in [1.82, 2.24) is 9.88 Å². The van der Waals surface area contributed by atoms with E-state index < -0.39 is 9.84 Å². The average Bonchev–Trinajstić information content (AvgIpc) is 2.89. The number of nitrogens with zero attached hydrogens (tertiary/aromatic N) is 2. The van der Waals surface area contributed by atoms with Crippen LogP contribution in [-0.2, 0) is 21.2 Å². The van der Waals surface area contributed by atoms with Gasteiger partial charge in [-0.15, -0.1) is 11.8 Å². The van der Waals surface area contributed by atoms with Gasteiger partial charge in [0.15, 0.2) is 9.84 Å². The topological polar surface area (TPSA) is 67.3 Å². The lowest BCUT2D eigenvalue weighted by Gasteiger charge is -2.24. The van der Waals surface area contributed by atoms with Crippen molar-refractivity contribution in [3.8, 4) is 0 Å². The molecule has 5 nitrogen and oxygen atoms in total. The zero-order valence-electron chi connectivity index (χ0n) is 12.5. The van der Waals surface area contributed by atoms with Crippen molar-refractivity contribution < 1.29 is 13.2 Å². The van der Waals surface area contributed by atoms with Gasteiger partial charge in [-0.2, -0.15) is 0 Å². The normalized spacial score (nSPS) is 18.4. The highest BCUT2D eigenvalue weighted by Crippen LogP contribution is 2.39. The number of hydrogen-bond acceptors (Lipinski definition) is 5. The second-order valence-electron chi connectivity index (χ2n) is 5.38. The molecule has 23 heavy (non-hydrogen) atoms. The summed E-state index contributed by atoms with van der Waals surface area (Å²) in [6.07, 6.45) is 4.62. The minimum atomic E-state index is -3.20. The molecular weight excluding hydrogens is 332 g/mol. The molecule has 2 aromatic rings. The van der Waals surface area contributed by atoms with E-state index >= 15 is 0 Å². The van der Waals surface area contributed by atoms with Crippen LogP contribution in [0.3, 0.4) is 0 Å². The fourth-order valence-corrected chi connectivity index (χ4v) is 4.29. The van der Waals surface area contributed by atoms with Gasteiger partial charge in [0.05, 0.1) is 10.6 Å². The van der Waals surface area contributed by atoms with E-state index in [1.54, 1.807) is 48.4 Å². The first-order valence-electron chi connectivity index (χ1n) is 7.05. The van der Waals surface area contributed by atoms with Gasteiger partial charge in [0.1, 0.15) is 5.37 Å². The fraction of sp³-hybridized carbons (Fsp3) is 0.250. The van der Waals surface area contributed by atoms with Crippen molar-refractivity contribution in [2.75, 3.05) is 12.0 Å². The molecule has 1 aliphatic rings. The second-order valence-corrected chi connectivity index (χ2v) is 8.47. The fourth-order valence-electron chi connectivity index (χ4n) is 2.47. The quantitative estimate of drug-likeness (QED) is 0.848. The standard InChI is InChI=1S/C16H16N2O3S2/c1-23(20,21)14-4-2-12(3-5-14)10-18-15(19)11-22-16(18)13-6-8-17-9-7-13/h2-9,16H,10-11H2,1H3. The van der Waals surface area contributed by atoms with Gasteiger partial charge in [-0.1, -0.05) is 12.1 Å². The Balaban J connectivity index is 1.81. The van der Waals surface area contributed by atoms with Gasteiger partial charge in [-0.25, -0.2) is 8.42 Å². The maximum atomic E-state index is 12.2. The summed E-state index contributed by atoms with van der Waals surface area (Å²) in [6, 6.07) is 10.5. The Morgan fingerprint density at radius 1 is 1.17 bits per heavy atom. The molecule has 1 unspecified atom stereocenters. The molecule has 1 atom stereocenters. The maximum absolute atomic E-state index is 12.2. The number of thioether (sulfide) groups is 1. The van der Waals surface area contributed by atoms with Gasteiger partial charge < -0.3 is 4.90 Å². The lowest BCUT2D eigenvalue weighted by atomic mass is 10.2. The molecule has 1 aromatic carbocycles. The number of amides is 1. The number of pyridine rings is 1. The van der Waals surface area contributed by atoms with Gasteiger partial charge in [0, 0.05) is 25.2 Å². The van der Waals surface area contributed by atoms with Crippen molar-refractivity contribution in [2.24, 2.45) is 0 Å². The molecular formula is C16H16N2O3S2. The van der Waals surface area contributed by atoms with E-state index in [1.165, 1.54) is 6.26 Å². The molecule has 0 bridgehead atoms. The summed E-state index contributed by atoms with van der Waals surface area (Å²) in [4.78, 5) is 18.3. The minimum absolute atomic E-state index is 0.0277. The van der Waals surface area contributed by atoms with Crippen molar-refractivity contribution in [3.63, 3.8) is 0 Å². The van der Waals surface area contributed by atoms with Crippen LogP contribution in [0, 0.1) is 0 Å². The minimum Gasteiger partial charge on any atom is -0.322 e. The third kappa shape index (κ3) is 3.56. The van der Waals surface area contributed by atoms with E-state index in [1.807, 2.05) is 17.0 Å². The first kappa shape index (κ1) is 16.0. The van der Waals surface area contributed by atoms with E-state index in [0.29, 0.717) is 12.3 Å². The molecule has 1 aliphatic heterocycles. The Labute approximate surface area is 139 Å². The Hall–Kier alpha value is -1.86. The van der Waals surface area contributed by atoms with Gasteiger partial charge in [-0.3, -0.25) is 9.78 Å². The summed E-state index contributed by atoms with van der Waals surface area (Å²) >= 11 is 1.59. The number of carbonyl (C=O) groups excluding carboxylic acids is 1. The summed E-state index contributed by atoms with van der Waals surface area (Å²) in [5, 5.41) is -0.0277. The number of sulfone groups is 1. The summed E-state index contributed by atoms with van der Waals surface area (Å²) in [5.74, 6) is 0.540. The zero-order chi connectivity index (χ0) is 16.4. The number of benzene rings is 1. The molecule has 3 rings (SSSR count). The largest absolute Gasteiger partial charge is 0.322 e. The molecule has 1 amide bonds. The highest BCUT2D eigenvalue weighted by molar-refractivity contribution is 8.00. The zero-order valence-corrected chi connectivity index (χ0v) is 14.2. The molecule has 1 saturated heterocycles. The number of hydrogen-bond donors (Lipinski definition) is 0. The molecule has 1 aromatic heterocycles. The van der Waals surface area contributed by atoms with Crippen molar-refractivity contribution in [3.05, 3.63) is 59.9 Å². The van der Waals surface area contributed by atoms with Crippen LogP contribution >= 0.6 is 11.8 Å². The Morgan fingerprint density at radius 2 is 1.83 bits per heavy atom. The molecule has 0 N–H and O–H groups in total. The first-order chi connectivity index (χ1) is 10.9. The summed E-state index contributed by atoms with van der Waals surface area (Å²) in [6.45, 7) is 0.461. The summed E-state index contributed by atoms with van der Waals surface area (Å²) in [7, 11) is -3.20. The third-order valence-corrected chi connectivity index (χ3v) is 6.05. The number of carbonyl (C=O) groups is 1. The number of aromatic nitrogens is 1. The van der Waals surface area contributed by atoms with E-state index in [-0.39, 0.29) is 16.2 Å². The van der Waals surface area contributed by atoms with Gasteiger partial charge in [0.25, 0.3) is 0 Å². The molecule has 0 spiro atoms. The SMILES string of the molecule is CS(=O)(=O)c1ccc(CN2C(=O)CSC2c2ccncc2)cc1. The van der Waals surface area contributed by atoms with E-state index in [0.717, 1.165) is 11.1 Å². The third-order valence-electron chi connectivity index (χ3n) is 3.66. The van der Waals surface area contributed by atoms with E-state index in [2.05, 4.69) is 4.98 Å². The smallest absolute Gasteiger partial charge is 0.234 e. The predicted molar refractivity (Wildman–Crippen MR) is 89.5 cm³/mol. The molecule has 0 radical (unpaired) electrons. The Kier molecular flexibility index (Phi) is 4.41. The van der Waals surface area contributed by atoms with E-state index in [4.69, 9.17) is 0 Å².